The summed E-state index contributed by atoms with van der Waals surface area (Å²) in [6, 6.07) is 0. The van der Waals surface area contributed by atoms with Crippen LogP contribution in [0.3, 0.4) is 0 Å². The first-order valence-electron chi connectivity index (χ1n) is 6.21. The van der Waals surface area contributed by atoms with Gasteiger partial charge in [-0.3, -0.25) is 4.99 Å². The van der Waals surface area contributed by atoms with Crippen LogP contribution in [0.1, 0.15) is 32.6 Å². The maximum absolute atomic E-state index is 4.50. The Kier molecular flexibility index (Phi) is 2.82. The largest absolute Gasteiger partial charge is 0.363 e. The number of amidine groups is 1. The van der Waals surface area contributed by atoms with Gasteiger partial charge in [-0.05, 0) is 18.8 Å². The summed E-state index contributed by atoms with van der Waals surface area (Å²) >= 11 is 0. The smallest absolute Gasteiger partial charge is 0.109 e. The molecule has 0 bridgehead atoms. The molecule has 0 spiro atoms. The molecule has 0 amide bonds. The molecule has 2 rings (SSSR count). The Morgan fingerprint density at radius 3 is 2.87 bits per heavy atom. The van der Waals surface area contributed by atoms with Crippen molar-refractivity contribution in [1.82, 2.24) is 4.90 Å². The zero-order valence-corrected chi connectivity index (χ0v) is 10.6. The second-order valence-electron chi connectivity index (χ2n) is 6.07. The van der Waals surface area contributed by atoms with Gasteiger partial charge in [0.15, 0.2) is 0 Å². The highest BCUT2D eigenvalue weighted by molar-refractivity contribution is 6.15. The lowest BCUT2D eigenvalue weighted by molar-refractivity contribution is 0.186. The molecule has 3 unspecified atom stereocenters. The zero-order valence-electron chi connectivity index (χ0n) is 10.6. The first-order valence-corrected chi connectivity index (χ1v) is 6.21. The zero-order chi connectivity index (χ0) is 11.1. The predicted molar refractivity (Wildman–Crippen MR) is 68.3 cm³/mol. The van der Waals surface area contributed by atoms with Crippen LogP contribution in [0.2, 0.25) is 5.31 Å². The van der Waals surface area contributed by atoms with Crippen LogP contribution in [0.5, 0.6) is 0 Å². The summed E-state index contributed by atoms with van der Waals surface area (Å²) in [5.41, 5.74) is 0. The van der Waals surface area contributed by atoms with Crippen molar-refractivity contribution in [3.63, 3.8) is 0 Å². The van der Waals surface area contributed by atoms with E-state index in [1.807, 2.05) is 7.05 Å². The molecule has 1 saturated heterocycles. The highest BCUT2D eigenvalue weighted by atomic mass is 15.2. The minimum Gasteiger partial charge on any atom is -0.363 e. The number of aliphatic imine (C=N–C) groups is 1. The Hall–Kier alpha value is -0.465. The van der Waals surface area contributed by atoms with Crippen molar-refractivity contribution in [2.75, 3.05) is 20.6 Å². The van der Waals surface area contributed by atoms with Crippen molar-refractivity contribution >= 4 is 13.7 Å². The van der Waals surface area contributed by atoms with Crippen molar-refractivity contribution in [1.29, 1.82) is 0 Å². The lowest BCUT2D eigenvalue weighted by Crippen LogP contribution is -2.46. The first-order chi connectivity index (χ1) is 7.03. The van der Waals surface area contributed by atoms with Crippen molar-refractivity contribution in [3.8, 4) is 0 Å². The molecular formula is C12H23BN2. The molecular weight excluding hydrogens is 183 g/mol. The van der Waals surface area contributed by atoms with Crippen LogP contribution in [0.4, 0.5) is 0 Å². The second-order valence-corrected chi connectivity index (χ2v) is 6.07. The second kappa shape index (κ2) is 3.84. The highest BCUT2D eigenvalue weighted by Crippen LogP contribution is 2.48. The molecule has 2 nitrogen and oxygen atoms in total. The number of hydrogen-bond acceptors (Lipinski definition) is 1. The average Bonchev–Trinajstić information content (AvgIpc) is 2.17. The molecule has 0 N–H and O–H groups in total. The lowest BCUT2D eigenvalue weighted by Gasteiger charge is -2.46. The Morgan fingerprint density at radius 1 is 1.47 bits per heavy atom. The number of fused-ring (bicyclic) bond motifs is 1. The summed E-state index contributed by atoms with van der Waals surface area (Å²) in [5, 5.41) is 0.565. The van der Waals surface area contributed by atoms with Gasteiger partial charge in [0, 0.05) is 26.6 Å². The van der Waals surface area contributed by atoms with Gasteiger partial charge < -0.3 is 4.90 Å². The SMILES string of the molecule is BC1(C)CCC2/C(=N/C)N(C)CCC2C1. The third kappa shape index (κ3) is 2.06. The third-order valence-electron chi connectivity index (χ3n) is 4.30. The van der Waals surface area contributed by atoms with Crippen molar-refractivity contribution in [2.45, 2.75) is 37.9 Å². The van der Waals surface area contributed by atoms with Gasteiger partial charge in [0.2, 0.25) is 0 Å². The Morgan fingerprint density at radius 2 is 2.20 bits per heavy atom. The van der Waals surface area contributed by atoms with Crippen LogP contribution < -0.4 is 0 Å². The standard InChI is InChI=1S/C12H23BN2/c1-12(13)6-4-10-9(8-12)5-7-15(3)11(10)14-2/h9-10H,4-8,13H2,1-3H3/b14-11-. The maximum atomic E-state index is 4.50. The Bertz CT molecular complexity index is 273. The summed E-state index contributed by atoms with van der Waals surface area (Å²) in [6.07, 6.45) is 5.46. The van der Waals surface area contributed by atoms with E-state index < -0.39 is 0 Å². The topological polar surface area (TPSA) is 15.6 Å². The maximum Gasteiger partial charge on any atom is 0.109 e. The van der Waals surface area contributed by atoms with Gasteiger partial charge in [0.1, 0.15) is 13.7 Å². The molecule has 3 atom stereocenters. The van der Waals surface area contributed by atoms with E-state index in [9.17, 15) is 0 Å². The van der Waals surface area contributed by atoms with Crippen molar-refractivity contribution < 1.29 is 0 Å². The molecule has 1 saturated carbocycles. The van der Waals surface area contributed by atoms with E-state index in [1.54, 1.807) is 0 Å². The summed E-state index contributed by atoms with van der Waals surface area (Å²) < 4.78 is 0. The lowest BCUT2D eigenvalue weighted by atomic mass is 9.55. The number of piperidine rings is 1. The molecule has 1 heterocycles. The van der Waals surface area contributed by atoms with Crippen LogP contribution >= 0.6 is 0 Å². The average molecular weight is 206 g/mol. The summed E-state index contributed by atoms with van der Waals surface area (Å²) in [6.45, 7) is 3.62. The van der Waals surface area contributed by atoms with E-state index in [-0.39, 0.29) is 0 Å². The summed E-state index contributed by atoms with van der Waals surface area (Å²) in [4.78, 5) is 6.86. The monoisotopic (exact) mass is 206 g/mol. The summed E-state index contributed by atoms with van der Waals surface area (Å²) in [5.74, 6) is 3.01. The van der Waals surface area contributed by atoms with Crippen molar-refractivity contribution in [3.05, 3.63) is 0 Å². The molecule has 84 valence electrons. The normalized spacial score (nSPS) is 44.2. The van der Waals surface area contributed by atoms with Crippen LogP contribution in [-0.4, -0.2) is 39.2 Å². The Labute approximate surface area is 94.5 Å². The Balaban J connectivity index is 2.15. The molecule has 15 heavy (non-hydrogen) atoms. The van der Waals surface area contributed by atoms with Crippen LogP contribution in [0.25, 0.3) is 0 Å². The van der Waals surface area contributed by atoms with E-state index in [2.05, 4.69) is 31.7 Å². The number of rotatable bonds is 0. The molecule has 2 fully saturated rings. The number of nitrogens with zero attached hydrogens (tertiary/aromatic N) is 2. The number of hydrogen-bond donors (Lipinski definition) is 0. The molecule has 0 radical (unpaired) electrons. The van der Waals surface area contributed by atoms with Crippen LogP contribution in [0.15, 0.2) is 4.99 Å². The van der Waals surface area contributed by atoms with Crippen LogP contribution in [-0.2, 0) is 0 Å². The van der Waals surface area contributed by atoms with E-state index in [4.69, 9.17) is 0 Å². The third-order valence-corrected chi connectivity index (χ3v) is 4.30. The fraction of sp³-hybridized carbons (Fsp3) is 0.917. The fourth-order valence-corrected chi connectivity index (χ4v) is 3.47. The molecule has 0 aromatic heterocycles. The molecule has 3 heteroatoms. The van der Waals surface area contributed by atoms with E-state index in [0.29, 0.717) is 5.31 Å². The first kappa shape index (κ1) is 11.0. The van der Waals surface area contributed by atoms with Crippen molar-refractivity contribution in [2.24, 2.45) is 16.8 Å². The van der Waals surface area contributed by atoms with E-state index >= 15 is 0 Å². The minimum absolute atomic E-state index is 0.565. The fourth-order valence-electron chi connectivity index (χ4n) is 3.47. The predicted octanol–water partition coefficient (Wildman–Crippen LogP) is 1.58. The molecule has 0 aromatic carbocycles. The van der Waals surface area contributed by atoms with Gasteiger partial charge in [-0.25, -0.2) is 0 Å². The van der Waals surface area contributed by atoms with Gasteiger partial charge in [0.05, 0.1) is 0 Å². The van der Waals surface area contributed by atoms with Gasteiger partial charge in [0.25, 0.3) is 0 Å². The van der Waals surface area contributed by atoms with E-state index in [0.717, 1.165) is 11.8 Å². The van der Waals surface area contributed by atoms with Gasteiger partial charge in [-0.2, -0.15) is 0 Å². The van der Waals surface area contributed by atoms with Crippen LogP contribution in [0, 0.1) is 11.8 Å². The van der Waals surface area contributed by atoms with E-state index in [1.165, 1.54) is 38.1 Å². The highest BCUT2D eigenvalue weighted by Gasteiger charge is 2.40. The van der Waals surface area contributed by atoms with Gasteiger partial charge in [-0.1, -0.05) is 25.1 Å². The number of likely N-dealkylation sites (tertiary alicyclic amines) is 1. The quantitative estimate of drug-likeness (QED) is 0.549. The molecule has 0 aromatic rings. The molecule has 1 aliphatic carbocycles. The van der Waals surface area contributed by atoms with Gasteiger partial charge in [-0.15, -0.1) is 0 Å². The molecule has 2 aliphatic rings. The summed E-state index contributed by atoms with van der Waals surface area (Å²) in [7, 11) is 6.57. The minimum atomic E-state index is 0.565. The van der Waals surface area contributed by atoms with Gasteiger partial charge >= 0.3 is 0 Å². The molecule has 1 aliphatic heterocycles.